The maximum absolute atomic E-state index is 14.2. The van der Waals surface area contributed by atoms with Crippen molar-refractivity contribution in [1.29, 1.82) is 0 Å². The fraction of sp³-hybridized carbons (Fsp3) is 0. The third-order valence-electron chi connectivity index (χ3n) is 6.55. The van der Waals surface area contributed by atoms with Gasteiger partial charge in [0.15, 0.2) is 0 Å². The van der Waals surface area contributed by atoms with Crippen molar-refractivity contribution in [2.45, 2.75) is 0 Å². The van der Waals surface area contributed by atoms with E-state index < -0.39 is 0 Å². The lowest BCUT2D eigenvalue weighted by atomic mass is 10.1. The molecule has 0 amide bonds. The van der Waals surface area contributed by atoms with Crippen molar-refractivity contribution < 1.29 is 4.39 Å². The van der Waals surface area contributed by atoms with Gasteiger partial charge >= 0.3 is 0 Å². The monoisotopic (exact) mass is 426 g/mol. The Bertz CT molecular complexity index is 1820. The zero-order valence-corrected chi connectivity index (χ0v) is 17.7. The van der Waals surface area contributed by atoms with Gasteiger partial charge in [0.1, 0.15) is 5.82 Å². The number of hydrogen-bond donors (Lipinski definition) is 0. The van der Waals surface area contributed by atoms with Gasteiger partial charge in [-0.1, -0.05) is 60.7 Å². The molecule has 0 aliphatic rings. The molecule has 7 rings (SSSR count). The molecule has 7 aromatic rings. The summed E-state index contributed by atoms with van der Waals surface area (Å²) in [7, 11) is 0. The van der Waals surface area contributed by atoms with E-state index in [1.165, 1.54) is 33.1 Å². The Labute approximate surface area is 189 Å². The molecule has 3 heteroatoms. The number of aromatic nitrogens is 2. The zero-order valence-electron chi connectivity index (χ0n) is 17.7. The predicted molar refractivity (Wildman–Crippen MR) is 135 cm³/mol. The van der Waals surface area contributed by atoms with Crippen molar-refractivity contribution in [3.63, 3.8) is 0 Å². The van der Waals surface area contributed by atoms with E-state index in [1.54, 1.807) is 12.1 Å². The number of rotatable bonds is 2. The van der Waals surface area contributed by atoms with Crippen LogP contribution in [0.1, 0.15) is 0 Å². The first-order valence-electron chi connectivity index (χ1n) is 11.1. The average Bonchev–Trinajstić information content (AvgIpc) is 3.37. The molecule has 0 fully saturated rings. The molecule has 0 spiro atoms. The molecule has 0 N–H and O–H groups in total. The minimum atomic E-state index is -0.236. The van der Waals surface area contributed by atoms with Crippen LogP contribution in [0.3, 0.4) is 0 Å². The van der Waals surface area contributed by atoms with E-state index in [1.807, 2.05) is 18.2 Å². The quantitative estimate of drug-likeness (QED) is 0.265. The van der Waals surface area contributed by atoms with Crippen LogP contribution in [0, 0.1) is 5.82 Å². The van der Waals surface area contributed by atoms with E-state index in [-0.39, 0.29) is 5.82 Å². The van der Waals surface area contributed by atoms with Crippen LogP contribution < -0.4 is 0 Å². The second-order valence-corrected chi connectivity index (χ2v) is 8.37. The van der Waals surface area contributed by atoms with E-state index in [4.69, 9.17) is 0 Å². The lowest BCUT2D eigenvalue weighted by Crippen LogP contribution is -1.95. The summed E-state index contributed by atoms with van der Waals surface area (Å²) in [4.78, 5) is 0. The third-order valence-corrected chi connectivity index (χ3v) is 6.55. The van der Waals surface area contributed by atoms with E-state index in [0.29, 0.717) is 0 Å². The average molecular weight is 426 g/mol. The summed E-state index contributed by atoms with van der Waals surface area (Å²) in [5.41, 5.74) is 6.45. The molecule has 0 radical (unpaired) electrons. The fourth-order valence-corrected chi connectivity index (χ4v) is 5.27. The highest BCUT2D eigenvalue weighted by molar-refractivity contribution is 6.28. The number of hydrogen-bond acceptors (Lipinski definition) is 0. The Hall–Kier alpha value is -4.37. The molecule has 0 aliphatic carbocycles. The van der Waals surface area contributed by atoms with Gasteiger partial charge in [-0.15, -0.1) is 0 Å². The summed E-state index contributed by atoms with van der Waals surface area (Å²) in [6.45, 7) is 0. The van der Waals surface area contributed by atoms with Crippen LogP contribution in [-0.2, 0) is 0 Å². The van der Waals surface area contributed by atoms with Crippen molar-refractivity contribution in [1.82, 2.24) is 9.13 Å². The Morgan fingerprint density at radius 3 is 1.55 bits per heavy atom. The topological polar surface area (TPSA) is 9.86 Å². The minimum absolute atomic E-state index is 0.236. The minimum Gasteiger partial charge on any atom is -0.309 e. The molecule has 0 saturated heterocycles. The number of benzene rings is 5. The van der Waals surface area contributed by atoms with Crippen LogP contribution >= 0.6 is 0 Å². The zero-order chi connectivity index (χ0) is 21.9. The number of nitrogens with zero attached hydrogens (tertiary/aromatic N) is 2. The highest BCUT2D eigenvalue weighted by Crippen LogP contribution is 2.42. The molecule has 0 aliphatic heterocycles. The molecule has 156 valence electrons. The van der Waals surface area contributed by atoms with Gasteiger partial charge in [0.2, 0.25) is 0 Å². The standard InChI is InChI=1S/C30H19FN2/c31-20-9-8-12-22(19-20)33-26-16-7-5-14-24(26)30-28(33)18-17-27-29(30)23-13-4-6-15-25(23)32(27)21-10-2-1-3-11-21/h1-19H. The summed E-state index contributed by atoms with van der Waals surface area (Å²) in [5.74, 6) is -0.236. The van der Waals surface area contributed by atoms with Gasteiger partial charge in [0.05, 0.1) is 22.1 Å². The predicted octanol–water partition coefficient (Wildman–Crippen LogP) is 8.02. The lowest BCUT2D eigenvalue weighted by Gasteiger charge is -2.09. The van der Waals surface area contributed by atoms with Crippen LogP contribution in [0.25, 0.3) is 55.0 Å². The Kier molecular flexibility index (Phi) is 3.76. The van der Waals surface area contributed by atoms with Crippen molar-refractivity contribution in [2.75, 3.05) is 0 Å². The lowest BCUT2D eigenvalue weighted by molar-refractivity contribution is 0.627. The van der Waals surface area contributed by atoms with E-state index in [0.717, 1.165) is 27.9 Å². The Balaban J connectivity index is 1.73. The molecule has 0 unspecified atom stereocenters. The summed E-state index contributed by atoms with van der Waals surface area (Å²) >= 11 is 0. The van der Waals surface area contributed by atoms with E-state index in [2.05, 4.69) is 88.0 Å². The Morgan fingerprint density at radius 2 is 0.939 bits per heavy atom. The van der Waals surface area contributed by atoms with Crippen molar-refractivity contribution >= 4 is 43.6 Å². The molecule has 2 nitrogen and oxygen atoms in total. The first-order valence-corrected chi connectivity index (χ1v) is 11.1. The van der Waals surface area contributed by atoms with Gasteiger partial charge < -0.3 is 9.13 Å². The van der Waals surface area contributed by atoms with Gasteiger partial charge in [0.25, 0.3) is 0 Å². The highest BCUT2D eigenvalue weighted by Gasteiger charge is 2.20. The first-order chi connectivity index (χ1) is 16.3. The molecule has 5 aromatic carbocycles. The van der Waals surface area contributed by atoms with Crippen LogP contribution in [0.5, 0.6) is 0 Å². The van der Waals surface area contributed by atoms with E-state index >= 15 is 0 Å². The second kappa shape index (κ2) is 6.81. The number of halogens is 1. The molecule has 0 atom stereocenters. The molecule has 2 aromatic heterocycles. The number of fused-ring (bicyclic) bond motifs is 7. The van der Waals surface area contributed by atoms with Gasteiger partial charge in [-0.05, 0) is 54.6 Å². The van der Waals surface area contributed by atoms with Gasteiger partial charge in [-0.2, -0.15) is 0 Å². The first kappa shape index (κ1) is 18.2. The maximum Gasteiger partial charge on any atom is 0.125 e. The molecule has 0 bridgehead atoms. The van der Waals surface area contributed by atoms with Crippen molar-refractivity contribution in [3.05, 3.63) is 121 Å². The van der Waals surface area contributed by atoms with Crippen LogP contribution in [-0.4, -0.2) is 9.13 Å². The van der Waals surface area contributed by atoms with Crippen LogP contribution in [0.2, 0.25) is 0 Å². The third kappa shape index (κ3) is 2.53. The van der Waals surface area contributed by atoms with Crippen molar-refractivity contribution in [2.24, 2.45) is 0 Å². The second-order valence-electron chi connectivity index (χ2n) is 8.37. The molecule has 33 heavy (non-hydrogen) atoms. The molecule has 2 heterocycles. The van der Waals surface area contributed by atoms with Crippen LogP contribution in [0.4, 0.5) is 4.39 Å². The largest absolute Gasteiger partial charge is 0.309 e. The smallest absolute Gasteiger partial charge is 0.125 e. The van der Waals surface area contributed by atoms with Gasteiger partial charge in [-0.3, -0.25) is 0 Å². The number of para-hydroxylation sites is 3. The molecule has 0 saturated carbocycles. The SMILES string of the molecule is Fc1cccc(-n2c3ccccc3c3c4c5ccccc5n(-c5ccccc5)c4ccc32)c1. The maximum atomic E-state index is 14.2. The summed E-state index contributed by atoms with van der Waals surface area (Å²) in [5, 5.41) is 4.79. The fourth-order valence-electron chi connectivity index (χ4n) is 5.27. The summed E-state index contributed by atoms with van der Waals surface area (Å²) < 4.78 is 18.7. The molecular weight excluding hydrogens is 407 g/mol. The normalized spacial score (nSPS) is 11.8. The van der Waals surface area contributed by atoms with Gasteiger partial charge in [-0.25, -0.2) is 4.39 Å². The Morgan fingerprint density at radius 1 is 0.424 bits per heavy atom. The summed E-state index contributed by atoms with van der Waals surface area (Å²) in [6.07, 6.45) is 0. The van der Waals surface area contributed by atoms with Crippen molar-refractivity contribution in [3.8, 4) is 11.4 Å². The molecular formula is C30H19FN2. The highest BCUT2D eigenvalue weighted by atomic mass is 19.1. The van der Waals surface area contributed by atoms with E-state index in [9.17, 15) is 4.39 Å². The van der Waals surface area contributed by atoms with Crippen LogP contribution in [0.15, 0.2) is 115 Å². The van der Waals surface area contributed by atoms with Gasteiger partial charge in [0, 0.05) is 32.9 Å². The summed E-state index contributed by atoms with van der Waals surface area (Å²) in [6, 6.07) is 38.6.